The Labute approximate surface area is 196 Å². The van der Waals surface area contributed by atoms with Crippen molar-refractivity contribution in [1.82, 2.24) is 5.43 Å². The van der Waals surface area contributed by atoms with Gasteiger partial charge in [-0.15, -0.1) is 0 Å². The van der Waals surface area contributed by atoms with E-state index in [1.165, 1.54) is 32.6 Å². The van der Waals surface area contributed by atoms with Gasteiger partial charge in [-0.25, -0.2) is 18.6 Å². The number of hydrazone groups is 1. The predicted octanol–water partition coefficient (Wildman–Crippen LogP) is 2.91. The summed E-state index contributed by atoms with van der Waals surface area (Å²) in [6.45, 7) is -0.459. The van der Waals surface area contributed by atoms with Crippen LogP contribution in [-0.2, 0) is 19.6 Å². The molecule has 1 amide bonds. The summed E-state index contributed by atoms with van der Waals surface area (Å²) in [6.07, 6.45) is 1.48. The Morgan fingerprint density at radius 1 is 1.03 bits per heavy atom. The largest absolute Gasteiger partial charge is 0.513 e. The Bertz CT molecular complexity index is 1330. The van der Waals surface area contributed by atoms with Gasteiger partial charge in [0.15, 0.2) is 11.5 Å². The van der Waals surface area contributed by atoms with Gasteiger partial charge in [-0.2, -0.15) is 5.10 Å². The molecule has 3 aromatic rings. The Morgan fingerprint density at radius 3 is 2.47 bits per heavy atom. The molecule has 0 atom stereocenters. The molecule has 0 aromatic heterocycles. The van der Waals surface area contributed by atoms with Crippen molar-refractivity contribution in [3.05, 3.63) is 66.2 Å². The lowest BCUT2D eigenvalue weighted by atomic mass is 10.1. The molecular formula is C23H23N3O7S. The first-order valence-corrected chi connectivity index (χ1v) is 11.8. The van der Waals surface area contributed by atoms with Crippen LogP contribution in [0.4, 0.5) is 10.5 Å². The second kappa shape index (κ2) is 10.7. The fraction of sp³-hybridized carbons (Fsp3) is 0.174. The Hall–Kier alpha value is -4.12. The van der Waals surface area contributed by atoms with Gasteiger partial charge in [0.25, 0.3) is 5.91 Å². The average Bonchev–Trinajstić information content (AvgIpc) is 2.82. The monoisotopic (exact) mass is 485 g/mol. The average molecular weight is 486 g/mol. The molecule has 0 heterocycles. The molecular weight excluding hydrogens is 462 g/mol. The van der Waals surface area contributed by atoms with Gasteiger partial charge in [-0.3, -0.25) is 9.10 Å². The molecule has 3 aromatic carbocycles. The van der Waals surface area contributed by atoms with Gasteiger partial charge in [0, 0.05) is 5.39 Å². The van der Waals surface area contributed by atoms with E-state index < -0.39 is 28.6 Å². The van der Waals surface area contributed by atoms with Crippen molar-refractivity contribution < 1.29 is 32.2 Å². The zero-order valence-electron chi connectivity index (χ0n) is 18.7. The number of carbonyl (C=O) groups is 2. The van der Waals surface area contributed by atoms with Crippen molar-refractivity contribution >= 4 is 44.8 Å². The molecule has 0 radical (unpaired) electrons. The molecule has 0 aliphatic carbocycles. The van der Waals surface area contributed by atoms with Crippen LogP contribution < -0.4 is 19.2 Å². The standard InChI is InChI=1S/C23H23N3O7S/c1-31-21-13-16(11-12-20(21)33-23(28)32-2)14-24-25-22(27)15-26(34(3,29)30)19-10-6-8-17-7-4-5-9-18(17)19/h4-14H,15H2,1-3H3,(H,25,27)/b24-14-. The molecule has 0 fully saturated rings. The van der Waals surface area contributed by atoms with E-state index in [9.17, 15) is 18.0 Å². The third-order valence-electron chi connectivity index (χ3n) is 4.67. The van der Waals surface area contributed by atoms with Gasteiger partial charge in [0.2, 0.25) is 10.0 Å². The predicted molar refractivity (Wildman–Crippen MR) is 128 cm³/mol. The van der Waals surface area contributed by atoms with E-state index in [4.69, 9.17) is 9.47 Å². The van der Waals surface area contributed by atoms with Gasteiger partial charge in [-0.1, -0.05) is 36.4 Å². The molecule has 0 unspecified atom stereocenters. The number of amides is 1. The van der Waals surface area contributed by atoms with Crippen LogP contribution in [0.3, 0.4) is 0 Å². The number of carbonyl (C=O) groups excluding carboxylic acids is 2. The first kappa shape index (κ1) is 24.5. The summed E-state index contributed by atoms with van der Waals surface area (Å²) in [5.41, 5.74) is 3.25. The van der Waals surface area contributed by atoms with E-state index >= 15 is 0 Å². The van der Waals surface area contributed by atoms with E-state index in [0.717, 1.165) is 15.9 Å². The van der Waals surface area contributed by atoms with Crippen LogP contribution in [0.5, 0.6) is 11.5 Å². The van der Waals surface area contributed by atoms with Gasteiger partial charge in [0.05, 0.1) is 32.4 Å². The summed E-state index contributed by atoms with van der Waals surface area (Å²) < 4.78 is 40.5. The summed E-state index contributed by atoms with van der Waals surface area (Å²) in [7, 11) is -1.17. The number of rotatable bonds is 8. The van der Waals surface area contributed by atoms with Crippen molar-refractivity contribution in [3.8, 4) is 11.5 Å². The molecule has 0 spiro atoms. The molecule has 34 heavy (non-hydrogen) atoms. The van der Waals surface area contributed by atoms with E-state index in [2.05, 4.69) is 15.3 Å². The van der Waals surface area contributed by atoms with Crippen LogP contribution >= 0.6 is 0 Å². The van der Waals surface area contributed by atoms with E-state index in [0.29, 0.717) is 16.6 Å². The van der Waals surface area contributed by atoms with Gasteiger partial charge in [-0.05, 0) is 35.2 Å². The van der Waals surface area contributed by atoms with Crippen LogP contribution in [-0.4, -0.2) is 53.7 Å². The minimum atomic E-state index is -3.76. The van der Waals surface area contributed by atoms with Crippen LogP contribution in [0.25, 0.3) is 10.8 Å². The summed E-state index contributed by atoms with van der Waals surface area (Å²) in [6, 6.07) is 17.1. The molecule has 0 aliphatic heterocycles. The minimum absolute atomic E-state index is 0.148. The Kier molecular flexibility index (Phi) is 7.69. The molecule has 178 valence electrons. The van der Waals surface area contributed by atoms with Crippen molar-refractivity contribution in [2.24, 2.45) is 5.10 Å². The third-order valence-corrected chi connectivity index (χ3v) is 5.80. The normalized spacial score (nSPS) is 11.3. The fourth-order valence-corrected chi connectivity index (χ4v) is 4.00. The van der Waals surface area contributed by atoms with Crippen molar-refractivity contribution in [3.63, 3.8) is 0 Å². The molecule has 0 saturated carbocycles. The highest BCUT2D eigenvalue weighted by atomic mass is 32.2. The zero-order valence-corrected chi connectivity index (χ0v) is 19.5. The van der Waals surface area contributed by atoms with Crippen molar-refractivity contribution in [2.75, 3.05) is 31.3 Å². The maximum absolute atomic E-state index is 12.5. The number of hydrogen-bond acceptors (Lipinski definition) is 8. The topological polar surface area (TPSA) is 124 Å². The molecule has 0 bridgehead atoms. The van der Waals surface area contributed by atoms with Gasteiger partial charge in [0.1, 0.15) is 6.54 Å². The number of anilines is 1. The smallest absolute Gasteiger partial charge is 0.493 e. The number of fused-ring (bicyclic) bond motifs is 1. The highest BCUT2D eigenvalue weighted by Gasteiger charge is 2.22. The second-order valence-corrected chi connectivity index (χ2v) is 8.93. The first-order valence-electron chi connectivity index (χ1n) is 9.94. The van der Waals surface area contributed by atoms with E-state index in [-0.39, 0.29) is 11.5 Å². The molecule has 1 N–H and O–H groups in total. The van der Waals surface area contributed by atoms with Crippen LogP contribution in [0.1, 0.15) is 5.56 Å². The number of ether oxygens (including phenoxy) is 3. The fourth-order valence-electron chi connectivity index (χ4n) is 3.13. The molecule has 3 rings (SSSR count). The maximum atomic E-state index is 12.5. The van der Waals surface area contributed by atoms with Crippen LogP contribution in [0.2, 0.25) is 0 Å². The highest BCUT2D eigenvalue weighted by molar-refractivity contribution is 7.92. The Morgan fingerprint density at radius 2 is 1.76 bits per heavy atom. The molecule has 0 saturated heterocycles. The molecule has 0 aliphatic rings. The number of hydrogen-bond donors (Lipinski definition) is 1. The minimum Gasteiger partial charge on any atom is -0.493 e. The van der Waals surface area contributed by atoms with Crippen LogP contribution in [0, 0.1) is 0 Å². The number of nitrogens with one attached hydrogen (secondary N) is 1. The first-order chi connectivity index (χ1) is 16.2. The summed E-state index contributed by atoms with van der Waals surface area (Å²) in [4.78, 5) is 23.8. The lowest BCUT2D eigenvalue weighted by Gasteiger charge is -2.23. The number of benzene rings is 3. The van der Waals surface area contributed by atoms with Crippen molar-refractivity contribution in [1.29, 1.82) is 0 Å². The number of sulfonamides is 1. The van der Waals surface area contributed by atoms with Gasteiger partial charge < -0.3 is 14.2 Å². The lowest BCUT2D eigenvalue weighted by Crippen LogP contribution is -2.39. The van der Waals surface area contributed by atoms with Gasteiger partial charge >= 0.3 is 6.16 Å². The lowest BCUT2D eigenvalue weighted by molar-refractivity contribution is -0.119. The molecule has 10 nitrogen and oxygen atoms in total. The SMILES string of the molecule is COC(=O)Oc1ccc(/C=N\NC(=O)CN(c2cccc3ccccc23)S(C)(=O)=O)cc1OC. The quantitative estimate of drug-likeness (QED) is 0.225. The Balaban J connectivity index is 1.74. The van der Waals surface area contributed by atoms with Crippen LogP contribution in [0.15, 0.2) is 65.8 Å². The van der Waals surface area contributed by atoms with Crippen molar-refractivity contribution in [2.45, 2.75) is 0 Å². The maximum Gasteiger partial charge on any atom is 0.513 e. The summed E-state index contributed by atoms with van der Waals surface area (Å²) in [5, 5.41) is 5.43. The highest BCUT2D eigenvalue weighted by Crippen LogP contribution is 2.29. The zero-order chi connectivity index (χ0) is 24.7. The number of nitrogens with zero attached hydrogens (tertiary/aromatic N) is 2. The molecule has 11 heteroatoms. The second-order valence-electron chi connectivity index (χ2n) is 7.03. The van der Waals surface area contributed by atoms with E-state index in [1.54, 1.807) is 30.3 Å². The summed E-state index contributed by atoms with van der Waals surface area (Å²) in [5.74, 6) is -0.235. The summed E-state index contributed by atoms with van der Waals surface area (Å²) >= 11 is 0. The van der Waals surface area contributed by atoms with E-state index in [1.807, 2.05) is 18.2 Å². The third kappa shape index (κ3) is 6.01. The number of methoxy groups -OCH3 is 2.